The van der Waals surface area contributed by atoms with Crippen molar-refractivity contribution in [2.45, 2.75) is 25.8 Å². The number of carbonyl (C=O) groups is 1. The molecule has 0 bridgehead atoms. The van der Waals surface area contributed by atoms with E-state index in [1.807, 2.05) is 25.2 Å². The predicted molar refractivity (Wildman–Crippen MR) is 90.1 cm³/mol. The monoisotopic (exact) mass is 321 g/mol. The molecule has 20 heavy (non-hydrogen) atoms. The molecule has 4 nitrogen and oxygen atoms in total. The first-order valence-electron chi connectivity index (χ1n) is 6.39. The van der Waals surface area contributed by atoms with Crippen LogP contribution in [0.3, 0.4) is 0 Å². The molecule has 1 amide bonds. The van der Waals surface area contributed by atoms with E-state index in [1.165, 1.54) is 0 Å². The molecule has 1 atom stereocenters. The van der Waals surface area contributed by atoms with Crippen LogP contribution in [0, 0.1) is 0 Å². The summed E-state index contributed by atoms with van der Waals surface area (Å²) >= 11 is 0. The smallest absolute Gasteiger partial charge is 0.220 e. The lowest BCUT2D eigenvalue weighted by molar-refractivity contribution is -0.121. The first kappa shape index (κ1) is 21.3. The van der Waals surface area contributed by atoms with E-state index in [-0.39, 0.29) is 36.8 Å². The molecular formula is C14H25Cl2N3O. The summed E-state index contributed by atoms with van der Waals surface area (Å²) in [5.41, 5.74) is 6.52. The second-order valence-electron chi connectivity index (χ2n) is 4.49. The van der Waals surface area contributed by atoms with Crippen molar-refractivity contribution in [3.8, 4) is 0 Å². The van der Waals surface area contributed by atoms with Crippen LogP contribution in [-0.2, 0) is 4.79 Å². The Hall–Kier alpha value is -0.970. The second-order valence-corrected chi connectivity index (χ2v) is 4.49. The van der Waals surface area contributed by atoms with E-state index in [0.29, 0.717) is 19.5 Å². The van der Waals surface area contributed by atoms with Gasteiger partial charge >= 0.3 is 0 Å². The van der Waals surface area contributed by atoms with Gasteiger partial charge in [0.25, 0.3) is 0 Å². The van der Waals surface area contributed by atoms with Crippen LogP contribution in [0.1, 0.15) is 19.8 Å². The molecule has 0 saturated heterocycles. The van der Waals surface area contributed by atoms with E-state index in [4.69, 9.17) is 5.73 Å². The highest BCUT2D eigenvalue weighted by Crippen LogP contribution is 2.13. The molecule has 0 aliphatic carbocycles. The fourth-order valence-corrected chi connectivity index (χ4v) is 1.67. The van der Waals surface area contributed by atoms with Crippen molar-refractivity contribution in [2.24, 2.45) is 5.73 Å². The summed E-state index contributed by atoms with van der Waals surface area (Å²) in [7, 11) is 2.03. The molecule has 0 aliphatic rings. The topological polar surface area (TPSA) is 58.4 Å². The fraction of sp³-hybridized carbons (Fsp3) is 0.500. The van der Waals surface area contributed by atoms with Gasteiger partial charge in [-0.3, -0.25) is 4.79 Å². The Balaban J connectivity index is 0. The van der Waals surface area contributed by atoms with Gasteiger partial charge in [0.1, 0.15) is 0 Å². The third kappa shape index (κ3) is 7.58. The molecule has 116 valence electrons. The van der Waals surface area contributed by atoms with Gasteiger partial charge in [0.2, 0.25) is 5.91 Å². The van der Waals surface area contributed by atoms with E-state index in [9.17, 15) is 4.79 Å². The van der Waals surface area contributed by atoms with Gasteiger partial charge in [-0.05, 0) is 32.0 Å². The summed E-state index contributed by atoms with van der Waals surface area (Å²) in [5.74, 6) is 0.0776. The number of carbonyl (C=O) groups excluding carboxylic acids is 1. The predicted octanol–water partition coefficient (Wildman–Crippen LogP) is 2.21. The molecule has 0 heterocycles. The molecule has 0 spiro atoms. The third-order valence-corrected chi connectivity index (χ3v) is 3.03. The van der Waals surface area contributed by atoms with Gasteiger partial charge in [0, 0.05) is 31.7 Å². The largest absolute Gasteiger partial charge is 0.370 e. The molecule has 0 aromatic heterocycles. The number of nitrogens with one attached hydrogen (secondary N) is 1. The molecule has 0 aliphatic heterocycles. The molecule has 0 radical (unpaired) electrons. The molecule has 1 unspecified atom stereocenters. The molecule has 0 fully saturated rings. The average Bonchev–Trinajstić information content (AvgIpc) is 2.42. The normalized spacial score (nSPS) is 10.8. The summed E-state index contributed by atoms with van der Waals surface area (Å²) in [5, 5.41) is 2.93. The van der Waals surface area contributed by atoms with E-state index in [1.54, 1.807) is 0 Å². The van der Waals surface area contributed by atoms with Crippen LogP contribution in [0.4, 0.5) is 5.69 Å². The molecule has 1 aromatic rings. The highest BCUT2D eigenvalue weighted by Gasteiger charge is 2.10. The zero-order chi connectivity index (χ0) is 13.4. The van der Waals surface area contributed by atoms with E-state index >= 15 is 0 Å². The Bertz CT molecular complexity index is 363. The van der Waals surface area contributed by atoms with Gasteiger partial charge in [-0.1, -0.05) is 18.2 Å². The Labute approximate surface area is 133 Å². The number of anilines is 1. The third-order valence-electron chi connectivity index (χ3n) is 3.03. The van der Waals surface area contributed by atoms with Crippen LogP contribution in [0.25, 0.3) is 0 Å². The lowest BCUT2D eigenvalue weighted by Gasteiger charge is -2.27. The van der Waals surface area contributed by atoms with Gasteiger partial charge in [-0.25, -0.2) is 0 Å². The molecule has 1 aromatic carbocycles. The summed E-state index contributed by atoms with van der Waals surface area (Å²) < 4.78 is 0. The van der Waals surface area contributed by atoms with Gasteiger partial charge in [-0.2, -0.15) is 0 Å². The lowest BCUT2D eigenvalue weighted by Crippen LogP contribution is -2.40. The number of amides is 1. The number of benzene rings is 1. The quantitative estimate of drug-likeness (QED) is 0.809. The summed E-state index contributed by atoms with van der Waals surface area (Å²) in [6, 6.07) is 10.4. The Kier molecular flexibility index (Phi) is 12.6. The van der Waals surface area contributed by atoms with E-state index in [0.717, 1.165) is 12.1 Å². The molecule has 6 heteroatoms. The van der Waals surface area contributed by atoms with Crippen molar-refractivity contribution >= 4 is 36.4 Å². The van der Waals surface area contributed by atoms with Crippen molar-refractivity contribution in [3.05, 3.63) is 30.3 Å². The maximum atomic E-state index is 11.5. The highest BCUT2D eigenvalue weighted by atomic mass is 35.5. The van der Waals surface area contributed by atoms with Gasteiger partial charge in [0.15, 0.2) is 0 Å². The van der Waals surface area contributed by atoms with Crippen molar-refractivity contribution in [1.82, 2.24) is 5.32 Å². The number of nitrogens with two attached hydrogens (primary N) is 1. The SMILES string of the molecule is CC(CNC(=O)CCCN)N(C)c1ccccc1.Cl.Cl. The zero-order valence-corrected chi connectivity index (χ0v) is 13.7. The number of para-hydroxylation sites is 1. The van der Waals surface area contributed by atoms with Crippen molar-refractivity contribution in [2.75, 3.05) is 25.0 Å². The van der Waals surface area contributed by atoms with Crippen LogP contribution in [0.15, 0.2) is 30.3 Å². The van der Waals surface area contributed by atoms with Crippen molar-refractivity contribution in [1.29, 1.82) is 0 Å². The van der Waals surface area contributed by atoms with Crippen LogP contribution in [-0.4, -0.2) is 32.1 Å². The standard InChI is InChI=1S/C14H23N3O.2ClH/c1-12(11-16-14(18)9-6-10-15)17(2)13-7-4-3-5-8-13;;/h3-5,7-8,12H,6,9-11,15H2,1-2H3,(H,16,18);2*1H. The first-order valence-corrected chi connectivity index (χ1v) is 6.39. The van der Waals surface area contributed by atoms with Crippen molar-refractivity contribution in [3.63, 3.8) is 0 Å². The number of rotatable bonds is 7. The summed E-state index contributed by atoms with van der Waals surface area (Å²) in [4.78, 5) is 13.6. The molecule has 3 N–H and O–H groups in total. The molecule has 1 rings (SSSR count). The number of nitrogens with zero attached hydrogens (tertiary/aromatic N) is 1. The molecular weight excluding hydrogens is 297 g/mol. The summed E-state index contributed by atoms with van der Waals surface area (Å²) in [6.45, 7) is 3.30. The van der Waals surface area contributed by atoms with Crippen LogP contribution < -0.4 is 16.0 Å². The minimum absolute atomic E-state index is 0. The van der Waals surface area contributed by atoms with E-state index < -0.39 is 0 Å². The average molecular weight is 322 g/mol. The molecule has 0 saturated carbocycles. The maximum absolute atomic E-state index is 11.5. The second kappa shape index (κ2) is 11.8. The van der Waals surface area contributed by atoms with Crippen LogP contribution in [0.5, 0.6) is 0 Å². The maximum Gasteiger partial charge on any atom is 0.220 e. The lowest BCUT2D eigenvalue weighted by atomic mass is 10.2. The summed E-state index contributed by atoms with van der Waals surface area (Å²) in [6.07, 6.45) is 1.26. The van der Waals surface area contributed by atoms with Gasteiger partial charge in [0.05, 0.1) is 0 Å². The van der Waals surface area contributed by atoms with Gasteiger partial charge in [-0.15, -0.1) is 24.8 Å². The minimum atomic E-state index is 0. The van der Waals surface area contributed by atoms with E-state index in [2.05, 4.69) is 29.3 Å². The first-order chi connectivity index (χ1) is 8.65. The Morgan fingerprint density at radius 3 is 2.45 bits per heavy atom. The number of likely N-dealkylation sites (N-methyl/N-ethyl adjacent to an activating group) is 1. The van der Waals surface area contributed by atoms with Crippen LogP contribution >= 0.6 is 24.8 Å². The van der Waals surface area contributed by atoms with Crippen LogP contribution in [0.2, 0.25) is 0 Å². The van der Waals surface area contributed by atoms with Gasteiger partial charge < -0.3 is 16.0 Å². The zero-order valence-electron chi connectivity index (χ0n) is 12.0. The highest BCUT2D eigenvalue weighted by molar-refractivity contribution is 5.85. The number of halogens is 2. The Morgan fingerprint density at radius 1 is 1.30 bits per heavy atom. The minimum Gasteiger partial charge on any atom is -0.370 e. The number of hydrogen-bond donors (Lipinski definition) is 2. The Morgan fingerprint density at radius 2 is 1.90 bits per heavy atom. The fourth-order valence-electron chi connectivity index (χ4n) is 1.67. The van der Waals surface area contributed by atoms with Crippen molar-refractivity contribution < 1.29 is 4.79 Å². The number of hydrogen-bond acceptors (Lipinski definition) is 3.